The molecule has 0 N–H and O–H groups in total. The van der Waals surface area contributed by atoms with Gasteiger partial charge in [0.2, 0.25) is 0 Å². The highest BCUT2D eigenvalue weighted by Gasteiger charge is 2.09. The Hall–Kier alpha value is -1.05. The Labute approximate surface area is 92.3 Å². The van der Waals surface area contributed by atoms with Crippen molar-refractivity contribution < 1.29 is 0 Å². The van der Waals surface area contributed by atoms with Crippen LogP contribution in [0.1, 0.15) is 37.8 Å². The van der Waals surface area contributed by atoms with Gasteiger partial charge >= 0.3 is 0 Å². The first-order valence-corrected chi connectivity index (χ1v) is 6.05. The van der Waals surface area contributed by atoms with Gasteiger partial charge < -0.3 is 4.90 Å². The van der Waals surface area contributed by atoms with Crippen molar-refractivity contribution in [3.05, 3.63) is 23.9 Å². The molecule has 0 atom stereocenters. The van der Waals surface area contributed by atoms with Crippen LogP contribution in [0, 0.1) is 6.92 Å². The van der Waals surface area contributed by atoms with Crippen molar-refractivity contribution >= 4 is 5.82 Å². The first kappa shape index (κ1) is 10.5. The lowest BCUT2D eigenvalue weighted by atomic mass is 10.1. The monoisotopic (exact) mass is 204 g/mol. The van der Waals surface area contributed by atoms with E-state index in [1.54, 1.807) is 0 Å². The molecule has 0 saturated carbocycles. The molecule has 0 amide bonds. The van der Waals surface area contributed by atoms with E-state index >= 15 is 0 Å². The smallest absolute Gasteiger partial charge is 0.128 e. The number of hydrogen-bond acceptors (Lipinski definition) is 2. The number of pyridine rings is 1. The molecule has 2 rings (SSSR count). The van der Waals surface area contributed by atoms with E-state index in [2.05, 4.69) is 35.0 Å². The fourth-order valence-corrected chi connectivity index (χ4v) is 2.18. The summed E-state index contributed by atoms with van der Waals surface area (Å²) in [5.74, 6) is 1.16. The quantitative estimate of drug-likeness (QED) is 0.698. The highest BCUT2D eigenvalue weighted by molar-refractivity contribution is 5.38. The standard InChI is InChI=1S/C13H20N2/c1-12-8-7-9-13(14-12)15-10-5-3-2-4-6-11-15/h7-9H,2-6,10-11H2,1H3. The first-order chi connectivity index (χ1) is 7.36. The van der Waals surface area contributed by atoms with Gasteiger partial charge in [-0.25, -0.2) is 4.98 Å². The molecule has 0 bridgehead atoms. The maximum Gasteiger partial charge on any atom is 0.128 e. The number of aryl methyl sites for hydroxylation is 1. The lowest BCUT2D eigenvalue weighted by molar-refractivity contribution is 0.553. The van der Waals surface area contributed by atoms with E-state index in [1.807, 2.05) is 0 Å². The Balaban J connectivity index is 2.06. The topological polar surface area (TPSA) is 16.1 Å². The van der Waals surface area contributed by atoms with Crippen LogP contribution in [0.15, 0.2) is 18.2 Å². The van der Waals surface area contributed by atoms with Crippen LogP contribution in [0.4, 0.5) is 5.82 Å². The minimum absolute atomic E-state index is 1.12. The van der Waals surface area contributed by atoms with Gasteiger partial charge in [-0.1, -0.05) is 25.3 Å². The number of aromatic nitrogens is 1. The molecule has 1 aromatic rings. The van der Waals surface area contributed by atoms with E-state index in [9.17, 15) is 0 Å². The molecule has 0 aliphatic carbocycles. The van der Waals surface area contributed by atoms with Gasteiger partial charge in [-0.3, -0.25) is 0 Å². The van der Waals surface area contributed by atoms with Crippen molar-refractivity contribution in [2.45, 2.75) is 39.0 Å². The lowest BCUT2D eigenvalue weighted by Crippen LogP contribution is -2.27. The molecule has 1 aliphatic heterocycles. The molecule has 1 aliphatic rings. The second-order valence-corrected chi connectivity index (χ2v) is 4.39. The van der Waals surface area contributed by atoms with Gasteiger partial charge in [0.15, 0.2) is 0 Å². The number of anilines is 1. The van der Waals surface area contributed by atoms with Crippen LogP contribution in [0.5, 0.6) is 0 Å². The lowest BCUT2D eigenvalue weighted by Gasteiger charge is -2.25. The third kappa shape index (κ3) is 2.95. The summed E-state index contributed by atoms with van der Waals surface area (Å²) < 4.78 is 0. The molecular weight excluding hydrogens is 184 g/mol. The fourth-order valence-electron chi connectivity index (χ4n) is 2.18. The summed E-state index contributed by atoms with van der Waals surface area (Å²) in [5, 5.41) is 0. The second kappa shape index (κ2) is 5.15. The summed E-state index contributed by atoms with van der Waals surface area (Å²) in [7, 11) is 0. The molecule has 1 fully saturated rings. The van der Waals surface area contributed by atoms with Crippen molar-refractivity contribution in [3.8, 4) is 0 Å². The molecule has 2 heterocycles. The fraction of sp³-hybridized carbons (Fsp3) is 0.615. The molecule has 1 aromatic heterocycles. The van der Waals surface area contributed by atoms with E-state index in [0.29, 0.717) is 0 Å². The van der Waals surface area contributed by atoms with Gasteiger partial charge in [0.25, 0.3) is 0 Å². The first-order valence-electron chi connectivity index (χ1n) is 6.05. The third-order valence-electron chi connectivity index (χ3n) is 3.05. The van der Waals surface area contributed by atoms with Crippen LogP contribution in [0.25, 0.3) is 0 Å². The maximum atomic E-state index is 4.60. The Kier molecular flexibility index (Phi) is 3.59. The third-order valence-corrected chi connectivity index (χ3v) is 3.05. The van der Waals surface area contributed by atoms with Crippen LogP contribution in [0.2, 0.25) is 0 Å². The molecule has 15 heavy (non-hydrogen) atoms. The number of nitrogens with zero attached hydrogens (tertiary/aromatic N) is 2. The predicted octanol–water partition coefficient (Wildman–Crippen LogP) is 3.16. The van der Waals surface area contributed by atoms with E-state index in [4.69, 9.17) is 0 Å². The Morgan fingerprint density at radius 1 is 1.00 bits per heavy atom. The van der Waals surface area contributed by atoms with Crippen molar-refractivity contribution in [1.82, 2.24) is 4.98 Å². The Morgan fingerprint density at radius 2 is 1.67 bits per heavy atom. The van der Waals surface area contributed by atoms with Gasteiger partial charge in [-0.05, 0) is 31.9 Å². The summed E-state index contributed by atoms with van der Waals surface area (Å²) in [6.45, 7) is 4.42. The molecule has 82 valence electrons. The van der Waals surface area contributed by atoms with Crippen LogP contribution >= 0.6 is 0 Å². The van der Waals surface area contributed by atoms with Gasteiger partial charge in [-0.15, -0.1) is 0 Å². The zero-order valence-corrected chi connectivity index (χ0v) is 9.58. The van der Waals surface area contributed by atoms with E-state index in [1.165, 1.54) is 45.2 Å². The number of hydrogen-bond donors (Lipinski definition) is 0. The van der Waals surface area contributed by atoms with Gasteiger partial charge in [0.05, 0.1) is 0 Å². The average Bonchev–Trinajstić information content (AvgIpc) is 2.16. The summed E-state index contributed by atoms with van der Waals surface area (Å²) in [5.41, 5.74) is 1.12. The zero-order chi connectivity index (χ0) is 10.5. The maximum absolute atomic E-state index is 4.60. The Morgan fingerprint density at radius 3 is 2.33 bits per heavy atom. The summed E-state index contributed by atoms with van der Waals surface area (Å²) in [6.07, 6.45) is 6.80. The van der Waals surface area contributed by atoms with E-state index in [0.717, 1.165) is 11.5 Å². The SMILES string of the molecule is Cc1cccc(N2CCCCCCC2)n1. The average molecular weight is 204 g/mol. The van der Waals surface area contributed by atoms with E-state index < -0.39 is 0 Å². The Bertz CT molecular complexity index is 301. The van der Waals surface area contributed by atoms with Crippen LogP contribution in [0.3, 0.4) is 0 Å². The summed E-state index contributed by atoms with van der Waals surface area (Å²) in [4.78, 5) is 7.03. The molecular formula is C13H20N2. The highest BCUT2D eigenvalue weighted by atomic mass is 15.2. The van der Waals surface area contributed by atoms with Gasteiger partial charge in [0.1, 0.15) is 5.82 Å². The van der Waals surface area contributed by atoms with Crippen LogP contribution in [-0.4, -0.2) is 18.1 Å². The van der Waals surface area contributed by atoms with Crippen molar-refractivity contribution in [1.29, 1.82) is 0 Å². The molecule has 0 spiro atoms. The second-order valence-electron chi connectivity index (χ2n) is 4.39. The number of rotatable bonds is 1. The highest BCUT2D eigenvalue weighted by Crippen LogP contribution is 2.17. The minimum Gasteiger partial charge on any atom is -0.357 e. The normalized spacial score (nSPS) is 18.3. The summed E-state index contributed by atoms with van der Waals surface area (Å²) >= 11 is 0. The van der Waals surface area contributed by atoms with Crippen molar-refractivity contribution in [2.24, 2.45) is 0 Å². The largest absolute Gasteiger partial charge is 0.357 e. The van der Waals surface area contributed by atoms with Crippen LogP contribution in [-0.2, 0) is 0 Å². The molecule has 0 aromatic carbocycles. The van der Waals surface area contributed by atoms with Crippen molar-refractivity contribution in [3.63, 3.8) is 0 Å². The zero-order valence-electron chi connectivity index (χ0n) is 9.58. The van der Waals surface area contributed by atoms with Crippen molar-refractivity contribution in [2.75, 3.05) is 18.0 Å². The predicted molar refractivity (Wildman–Crippen MR) is 64.3 cm³/mol. The van der Waals surface area contributed by atoms with E-state index in [-0.39, 0.29) is 0 Å². The molecule has 1 saturated heterocycles. The molecule has 0 radical (unpaired) electrons. The van der Waals surface area contributed by atoms with Gasteiger partial charge in [-0.2, -0.15) is 0 Å². The van der Waals surface area contributed by atoms with Crippen LogP contribution < -0.4 is 4.90 Å². The van der Waals surface area contributed by atoms with Gasteiger partial charge in [0, 0.05) is 18.8 Å². The minimum atomic E-state index is 1.12. The summed E-state index contributed by atoms with van der Waals surface area (Å²) in [6, 6.07) is 6.30. The molecule has 2 heteroatoms. The molecule has 2 nitrogen and oxygen atoms in total. The molecule has 0 unspecified atom stereocenters.